The molecule has 4 nitrogen and oxygen atoms in total. The predicted octanol–water partition coefficient (Wildman–Crippen LogP) is 3.25. The smallest absolute Gasteiger partial charge is 0.224 e. The Morgan fingerprint density at radius 3 is 2.53 bits per heavy atom. The van der Waals surface area contributed by atoms with Gasteiger partial charge in [0.15, 0.2) is 0 Å². The van der Waals surface area contributed by atoms with Gasteiger partial charge in [0.1, 0.15) is 5.82 Å². The number of nitrogens with one attached hydrogen (secondary N) is 1. The molecule has 0 atom stereocenters. The van der Waals surface area contributed by atoms with Gasteiger partial charge in [-0.15, -0.1) is 0 Å². The molecule has 1 heterocycles. The van der Waals surface area contributed by atoms with Crippen molar-refractivity contribution >= 4 is 28.3 Å². The predicted molar refractivity (Wildman–Crippen MR) is 78.6 cm³/mol. The van der Waals surface area contributed by atoms with E-state index in [0.717, 1.165) is 23.7 Å². The summed E-state index contributed by atoms with van der Waals surface area (Å²) in [6, 6.07) is 7.69. The number of benzene rings is 1. The number of aromatic nitrogens is 2. The first-order chi connectivity index (χ1) is 9.14. The van der Waals surface area contributed by atoms with Crippen LogP contribution in [0.3, 0.4) is 0 Å². The number of anilines is 1. The molecule has 102 valence electrons. The largest absolute Gasteiger partial charge is 0.394 e. The summed E-state index contributed by atoms with van der Waals surface area (Å²) in [4.78, 5) is 8.46. The van der Waals surface area contributed by atoms with Crippen LogP contribution in [0.4, 0.5) is 5.82 Å². The number of nitrogens with zero attached hydrogens (tertiary/aromatic N) is 2. The normalized spacial score (nSPS) is 11.8. The zero-order chi connectivity index (χ0) is 13.9. The lowest BCUT2D eigenvalue weighted by atomic mass is 9.93. The van der Waals surface area contributed by atoms with Crippen molar-refractivity contribution in [1.82, 2.24) is 9.97 Å². The zero-order valence-electron chi connectivity index (χ0n) is 11.2. The third-order valence-electron chi connectivity index (χ3n) is 3.62. The molecule has 0 spiro atoms. The fourth-order valence-corrected chi connectivity index (χ4v) is 2.26. The molecule has 0 amide bonds. The van der Waals surface area contributed by atoms with Crippen molar-refractivity contribution in [3.05, 3.63) is 29.5 Å². The van der Waals surface area contributed by atoms with Gasteiger partial charge in [-0.3, -0.25) is 0 Å². The fraction of sp³-hybridized carbons (Fsp3) is 0.429. The van der Waals surface area contributed by atoms with Crippen LogP contribution in [0.1, 0.15) is 26.7 Å². The van der Waals surface area contributed by atoms with Gasteiger partial charge in [-0.05, 0) is 36.6 Å². The van der Waals surface area contributed by atoms with E-state index in [4.69, 9.17) is 11.6 Å². The van der Waals surface area contributed by atoms with Crippen LogP contribution in [0.5, 0.6) is 0 Å². The van der Waals surface area contributed by atoms with Crippen molar-refractivity contribution in [2.45, 2.75) is 32.2 Å². The molecule has 1 aromatic carbocycles. The first-order valence-corrected chi connectivity index (χ1v) is 6.83. The molecule has 0 unspecified atom stereocenters. The fourth-order valence-electron chi connectivity index (χ4n) is 2.08. The summed E-state index contributed by atoms with van der Waals surface area (Å²) in [6.45, 7) is 4.13. The van der Waals surface area contributed by atoms with Crippen molar-refractivity contribution in [1.29, 1.82) is 0 Å². The minimum Gasteiger partial charge on any atom is -0.394 e. The highest BCUT2D eigenvalue weighted by Crippen LogP contribution is 2.27. The number of aliphatic hydroxyl groups excluding tert-OH is 1. The van der Waals surface area contributed by atoms with E-state index in [9.17, 15) is 5.11 Å². The number of rotatable bonds is 5. The Morgan fingerprint density at radius 2 is 1.89 bits per heavy atom. The summed E-state index contributed by atoms with van der Waals surface area (Å²) < 4.78 is 0. The van der Waals surface area contributed by atoms with E-state index in [-0.39, 0.29) is 17.4 Å². The molecule has 0 fully saturated rings. The van der Waals surface area contributed by atoms with Crippen LogP contribution in [0.25, 0.3) is 10.9 Å². The lowest BCUT2D eigenvalue weighted by molar-refractivity contribution is 0.202. The van der Waals surface area contributed by atoms with Crippen LogP contribution in [-0.2, 0) is 0 Å². The van der Waals surface area contributed by atoms with E-state index in [1.165, 1.54) is 0 Å². The summed E-state index contributed by atoms with van der Waals surface area (Å²) in [5.74, 6) is 0.674. The van der Waals surface area contributed by atoms with Crippen LogP contribution < -0.4 is 5.32 Å². The highest BCUT2D eigenvalue weighted by molar-refractivity contribution is 6.28. The number of para-hydroxylation sites is 1. The number of aliphatic hydroxyl groups is 1. The third kappa shape index (κ3) is 2.80. The Kier molecular flexibility index (Phi) is 4.22. The lowest BCUT2D eigenvalue weighted by Gasteiger charge is -2.31. The Labute approximate surface area is 117 Å². The minimum absolute atomic E-state index is 0.0515. The van der Waals surface area contributed by atoms with Gasteiger partial charge in [0.05, 0.1) is 17.7 Å². The number of fused-ring (bicyclic) bond motifs is 1. The summed E-state index contributed by atoms with van der Waals surface area (Å²) in [6.07, 6.45) is 1.60. The first-order valence-electron chi connectivity index (χ1n) is 6.45. The van der Waals surface area contributed by atoms with Crippen molar-refractivity contribution in [3.8, 4) is 0 Å². The van der Waals surface area contributed by atoms with Gasteiger partial charge in [0.2, 0.25) is 5.28 Å². The molecule has 2 N–H and O–H groups in total. The van der Waals surface area contributed by atoms with Gasteiger partial charge in [0.25, 0.3) is 0 Å². The Morgan fingerprint density at radius 1 is 1.21 bits per heavy atom. The summed E-state index contributed by atoms with van der Waals surface area (Å²) >= 11 is 5.96. The third-order valence-corrected chi connectivity index (χ3v) is 3.78. The highest BCUT2D eigenvalue weighted by atomic mass is 35.5. The summed E-state index contributed by atoms with van der Waals surface area (Å²) in [5.41, 5.74) is 0.421. The van der Waals surface area contributed by atoms with Gasteiger partial charge >= 0.3 is 0 Å². The lowest BCUT2D eigenvalue weighted by Crippen LogP contribution is -2.41. The molecule has 0 aliphatic heterocycles. The molecule has 0 radical (unpaired) electrons. The van der Waals surface area contributed by atoms with Crippen LogP contribution in [0.15, 0.2) is 24.3 Å². The quantitative estimate of drug-likeness (QED) is 0.825. The number of halogens is 1. The van der Waals surface area contributed by atoms with Crippen molar-refractivity contribution < 1.29 is 5.11 Å². The average Bonchev–Trinajstić information content (AvgIpc) is 2.44. The molecule has 0 aliphatic carbocycles. The number of hydrogen-bond donors (Lipinski definition) is 2. The Bertz CT molecular complexity index is 561. The molecule has 0 aliphatic rings. The van der Waals surface area contributed by atoms with Gasteiger partial charge in [0, 0.05) is 5.39 Å². The number of hydrogen-bond acceptors (Lipinski definition) is 4. The van der Waals surface area contributed by atoms with Crippen molar-refractivity contribution in [3.63, 3.8) is 0 Å². The van der Waals surface area contributed by atoms with E-state index in [1.807, 2.05) is 38.1 Å². The monoisotopic (exact) mass is 279 g/mol. The summed E-state index contributed by atoms with van der Waals surface area (Å²) in [7, 11) is 0. The molecule has 2 rings (SSSR count). The molecule has 5 heteroatoms. The molecular weight excluding hydrogens is 262 g/mol. The van der Waals surface area contributed by atoms with Crippen molar-refractivity contribution in [2.75, 3.05) is 11.9 Å². The standard InChI is InChI=1S/C14H18ClN3O/c1-3-14(4-2,9-19)18-12-10-7-5-6-8-11(10)16-13(15)17-12/h5-8,19H,3-4,9H2,1-2H3,(H,16,17,18). The summed E-state index contributed by atoms with van der Waals surface area (Å²) in [5, 5.41) is 14.1. The molecular formula is C14H18ClN3O. The van der Waals surface area contributed by atoms with E-state index in [2.05, 4.69) is 15.3 Å². The Hall–Kier alpha value is -1.39. The van der Waals surface area contributed by atoms with E-state index >= 15 is 0 Å². The maximum atomic E-state index is 9.64. The van der Waals surface area contributed by atoms with E-state index < -0.39 is 0 Å². The van der Waals surface area contributed by atoms with Gasteiger partial charge in [-0.1, -0.05) is 26.0 Å². The second kappa shape index (κ2) is 5.72. The maximum absolute atomic E-state index is 9.64. The van der Waals surface area contributed by atoms with Gasteiger partial charge < -0.3 is 10.4 Å². The van der Waals surface area contributed by atoms with Gasteiger partial charge in [-0.2, -0.15) is 0 Å². The maximum Gasteiger partial charge on any atom is 0.224 e. The second-order valence-corrected chi connectivity index (χ2v) is 4.97. The van der Waals surface area contributed by atoms with E-state index in [1.54, 1.807) is 0 Å². The zero-order valence-corrected chi connectivity index (χ0v) is 11.9. The van der Waals surface area contributed by atoms with Crippen molar-refractivity contribution in [2.24, 2.45) is 0 Å². The Balaban J connectivity index is 2.50. The average molecular weight is 280 g/mol. The van der Waals surface area contributed by atoms with Crippen LogP contribution in [0, 0.1) is 0 Å². The molecule has 0 saturated carbocycles. The molecule has 2 aromatic rings. The molecule has 0 saturated heterocycles. The molecule has 19 heavy (non-hydrogen) atoms. The van der Waals surface area contributed by atoms with E-state index in [0.29, 0.717) is 5.82 Å². The molecule has 0 bridgehead atoms. The SMILES string of the molecule is CCC(CC)(CO)Nc1nc(Cl)nc2ccccc12. The minimum atomic E-state index is -0.375. The second-order valence-electron chi connectivity index (χ2n) is 4.63. The molecule has 1 aromatic heterocycles. The topological polar surface area (TPSA) is 58.0 Å². The van der Waals surface area contributed by atoms with Gasteiger partial charge in [-0.25, -0.2) is 9.97 Å². The highest BCUT2D eigenvalue weighted by Gasteiger charge is 2.26. The van der Waals surface area contributed by atoms with Crippen LogP contribution in [-0.4, -0.2) is 27.2 Å². The van der Waals surface area contributed by atoms with Crippen LogP contribution in [0.2, 0.25) is 5.28 Å². The van der Waals surface area contributed by atoms with Crippen LogP contribution >= 0.6 is 11.6 Å². The first kappa shape index (κ1) is 14.0.